The summed E-state index contributed by atoms with van der Waals surface area (Å²) in [4.78, 5) is 2.26. The average molecular weight is 233 g/mol. The molecule has 1 unspecified atom stereocenters. The molecule has 0 radical (unpaired) electrons. The van der Waals surface area contributed by atoms with Gasteiger partial charge in [0.05, 0.1) is 6.61 Å². The van der Waals surface area contributed by atoms with Crippen molar-refractivity contribution >= 4 is 0 Å². The number of hydrogen-bond acceptors (Lipinski definition) is 4. The smallest absolute Gasteiger partial charge is 0.158 e. The average Bonchev–Trinajstić information content (AvgIpc) is 2.26. The summed E-state index contributed by atoms with van der Waals surface area (Å²) < 4.78 is 16.1. The zero-order valence-electron chi connectivity index (χ0n) is 11.4. The topological polar surface area (TPSA) is 30.9 Å². The Morgan fingerprint density at radius 1 is 1.12 bits per heavy atom. The number of rotatable bonds is 10. The highest BCUT2D eigenvalue weighted by Crippen LogP contribution is 2.04. The molecule has 0 aliphatic heterocycles. The highest BCUT2D eigenvalue weighted by molar-refractivity contribution is 4.63. The first-order valence-electron chi connectivity index (χ1n) is 6.08. The van der Waals surface area contributed by atoms with Crippen LogP contribution in [-0.2, 0) is 14.2 Å². The summed E-state index contributed by atoms with van der Waals surface area (Å²) in [6.07, 6.45) is 0.818. The first-order chi connectivity index (χ1) is 7.65. The number of ether oxygens (including phenoxy) is 3. The van der Waals surface area contributed by atoms with Crippen LogP contribution in [0.1, 0.15) is 27.2 Å². The van der Waals surface area contributed by atoms with Crippen molar-refractivity contribution in [3.63, 3.8) is 0 Å². The largest absolute Gasteiger partial charge is 0.383 e. The number of nitrogens with zero attached hydrogens (tertiary/aromatic N) is 1. The Morgan fingerprint density at radius 3 is 2.12 bits per heavy atom. The maximum absolute atomic E-state index is 5.49. The van der Waals surface area contributed by atoms with E-state index in [1.54, 1.807) is 7.11 Å². The van der Waals surface area contributed by atoms with Crippen LogP contribution in [0, 0.1) is 0 Å². The van der Waals surface area contributed by atoms with Crippen molar-refractivity contribution in [2.45, 2.75) is 39.5 Å². The number of likely N-dealkylation sites (N-methyl/N-ethyl adjacent to an activating group) is 1. The highest BCUT2D eigenvalue weighted by atomic mass is 16.7. The molecular weight excluding hydrogens is 206 g/mol. The number of hydrogen-bond donors (Lipinski definition) is 0. The maximum Gasteiger partial charge on any atom is 0.158 e. The minimum atomic E-state index is -0.0767. The van der Waals surface area contributed by atoms with Crippen molar-refractivity contribution in [2.24, 2.45) is 0 Å². The van der Waals surface area contributed by atoms with Gasteiger partial charge < -0.3 is 19.1 Å². The molecule has 0 aromatic rings. The third kappa shape index (κ3) is 7.17. The minimum Gasteiger partial charge on any atom is -0.383 e. The van der Waals surface area contributed by atoms with Crippen molar-refractivity contribution in [2.75, 3.05) is 40.5 Å². The molecule has 0 spiro atoms. The van der Waals surface area contributed by atoms with E-state index in [1.807, 2.05) is 13.8 Å². The molecule has 0 aliphatic rings. The standard InChI is InChI=1S/C12H27NO3/c1-6-15-12(16-7-2)8-9-13(4)11(3)10-14-5/h11-12H,6-10H2,1-5H3. The first-order valence-corrected chi connectivity index (χ1v) is 6.08. The molecule has 1 atom stereocenters. The number of methoxy groups -OCH3 is 1. The molecule has 0 amide bonds. The fourth-order valence-corrected chi connectivity index (χ4v) is 1.48. The third-order valence-electron chi connectivity index (χ3n) is 2.58. The monoisotopic (exact) mass is 233 g/mol. The summed E-state index contributed by atoms with van der Waals surface area (Å²) in [5, 5.41) is 0. The zero-order chi connectivity index (χ0) is 12.4. The molecule has 0 aliphatic carbocycles. The Kier molecular flexibility index (Phi) is 9.92. The summed E-state index contributed by atoms with van der Waals surface area (Å²) in [6.45, 7) is 9.23. The first kappa shape index (κ1) is 15.8. The van der Waals surface area contributed by atoms with Gasteiger partial charge in [0.2, 0.25) is 0 Å². The van der Waals surface area contributed by atoms with Crippen LogP contribution in [0.4, 0.5) is 0 Å². The van der Waals surface area contributed by atoms with E-state index in [-0.39, 0.29) is 6.29 Å². The Hall–Kier alpha value is -0.160. The van der Waals surface area contributed by atoms with Crippen LogP contribution in [0.25, 0.3) is 0 Å². The SMILES string of the molecule is CCOC(CCN(C)C(C)COC)OCC. The van der Waals surface area contributed by atoms with Gasteiger partial charge in [0, 0.05) is 39.3 Å². The lowest BCUT2D eigenvalue weighted by Gasteiger charge is -2.26. The van der Waals surface area contributed by atoms with E-state index in [9.17, 15) is 0 Å². The molecule has 0 aromatic carbocycles. The molecule has 0 bridgehead atoms. The Morgan fingerprint density at radius 2 is 1.69 bits per heavy atom. The fraction of sp³-hybridized carbons (Fsp3) is 1.00. The molecule has 4 heteroatoms. The molecule has 0 rings (SSSR count). The maximum atomic E-state index is 5.49. The lowest BCUT2D eigenvalue weighted by Crippen LogP contribution is -2.35. The van der Waals surface area contributed by atoms with Crippen molar-refractivity contribution in [3.05, 3.63) is 0 Å². The molecular formula is C12H27NO3. The van der Waals surface area contributed by atoms with Crippen LogP contribution in [0.2, 0.25) is 0 Å². The lowest BCUT2D eigenvalue weighted by molar-refractivity contribution is -0.142. The van der Waals surface area contributed by atoms with E-state index >= 15 is 0 Å². The summed E-state index contributed by atoms with van der Waals surface area (Å²) >= 11 is 0. The van der Waals surface area contributed by atoms with Crippen LogP contribution in [0.3, 0.4) is 0 Å². The Balaban J connectivity index is 3.80. The van der Waals surface area contributed by atoms with Gasteiger partial charge in [0.15, 0.2) is 6.29 Å². The van der Waals surface area contributed by atoms with Crippen molar-refractivity contribution in [3.8, 4) is 0 Å². The van der Waals surface area contributed by atoms with Gasteiger partial charge in [-0.1, -0.05) is 0 Å². The van der Waals surface area contributed by atoms with Crippen LogP contribution in [-0.4, -0.2) is 57.8 Å². The predicted molar refractivity (Wildman–Crippen MR) is 65.6 cm³/mol. The predicted octanol–water partition coefficient (Wildman–Crippen LogP) is 1.74. The van der Waals surface area contributed by atoms with Gasteiger partial charge in [0.1, 0.15) is 0 Å². The normalized spacial score (nSPS) is 13.7. The van der Waals surface area contributed by atoms with Gasteiger partial charge in [0.25, 0.3) is 0 Å². The molecule has 98 valence electrons. The van der Waals surface area contributed by atoms with E-state index in [1.165, 1.54) is 0 Å². The quantitative estimate of drug-likeness (QED) is 0.538. The van der Waals surface area contributed by atoms with Gasteiger partial charge >= 0.3 is 0 Å². The van der Waals surface area contributed by atoms with Crippen LogP contribution < -0.4 is 0 Å². The fourth-order valence-electron chi connectivity index (χ4n) is 1.48. The second kappa shape index (κ2) is 10.0. The second-order valence-corrected chi connectivity index (χ2v) is 3.91. The lowest BCUT2D eigenvalue weighted by atomic mass is 10.3. The van der Waals surface area contributed by atoms with Crippen LogP contribution in [0.5, 0.6) is 0 Å². The summed E-state index contributed by atoms with van der Waals surface area (Å²) in [5.74, 6) is 0. The molecule has 0 saturated carbocycles. The molecule has 0 aromatic heterocycles. The van der Waals surface area contributed by atoms with Gasteiger partial charge in [-0.3, -0.25) is 0 Å². The van der Waals surface area contributed by atoms with Gasteiger partial charge in [-0.25, -0.2) is 0 Å². The molecule has 0 saturated heterocycles. The van der Waals surface area contributed by atoms with E-state index < -0.39 is 0 Å². The third-order valence-corrected chi connectivity index (χ3v) is 2.58. The summed E-state index contributed by atoms with van der Waals surface area (Å²) in [6, 6.07) is 0.425. The van der Waals surface area contributed by atoms with Crippen molar-refractivity contribution in [1.82, 2.24) is 4.90 Å². The van der Waals surface area contributed by atoms with E-state index in [2.05, 4.69) is 18.9 Å². The van der Waals surface area contributed by atoms with Crippen molar-refractivity contribution < 1.29 is 14.2 Å². The van der Waals surface area contributed by atoms with Gasteiger partial charge in [-0.15, -0.1) is 0 Å². The van der Waals surface area contributed by atoms with Crippen LogP contribution >= 0.6 is 0 Å². The summed E-state index contributed by atoms with van der Waals surface area (Å²) in [5.41, 5.74) is 0. The molecule has 16 heavy (non-hydrogen) atoms. The molecule has 0 N–H and O–H groups in total. The van der Waals surface area contributed by atoms with Gasteiger partial charge in [-0.05, 0) is 27.8 Å². The molecule has 0 heterocycles. The highest BCUT2D eigenvalue weighted by Gasteiger charge is 2.13. The van der Waals surface area contributed by atoms with Crippen LogP contribution in [0.15, 0.2) is 0 Å². The van der Waals surface area contributed by atoms with E-state index in [4.69, 9.17) is 14.2 Å². The Bertz CT molecular complexity index is 149. The Labute approximate surface area is 99.9 Å². The minimum absolute atomic E-state index is 0.0767. The van der Waals surface area contributed by atoms with E-state index in [0.717, 1.165) is 19.6 Å². The summed E-state index contributed by atoms with van der Waals surface area (Å²) in [7, 11) is 3.83. The zero-order valence-corrected chi connectivity index (χ0v) is 11.4. The second-order valence-electron chi connectivity index (χ2n) is 3.91. The van der Waals surface area contributed by atoms with Gasteiger partial charge in [-0.2, -0.15) is 0 Å². The van der Waals surface area contributed by atoms with E-state index in [0.29, 0.717) is 19.3 Å². The van der Waals surface area contributed by atoms with Crippen molar-refractivity contribution in [1.29, 1.82) is 0 Å². The molecule has 4 nitrogen and oxygen atoms in total. The molecule has 0 fully saturated rings.